The largest absolute Gasteiger partial charge is 0.315 e. The van der Waals surface area contributed by atoms with Crippen molar-refractivity contribution in [1.29, 1.82) is 0 Å². The normalized spacial score (nSPS) is 13.7. The van der Waals surface area contributed by atoms with Crippen molar-refractivity contribution in [3.63, 3.8) is 0 Å². The number of aryl methyl sites for hydroxylation is 1. The molecule has 2 N–H and O–H groups in total. The van der Waals surface area contributed by atoms with Crippen molar-refractivity contribution >= 4 is 33.1 Å². The molecule has 0 aliphatic heterocycles. The molecule has 0 bridgehead atoms. The maximum atomic E-state index is 12.4. The highest BCUT2D eigenvalue weighted by atomic mass is 32.2. The van der Waals surface area contributed by atoms with Gasteiger partial charge in [-0.1, -0.05) is 6.92 Å². The summed E-state index contributed by atoms with van der Waals surface area (Å²) in [6.45, 7) is 4.95. The molecule has 0 amide bonds. The molecule has 110 valence electrons. The Morgan fingerprint density at radius 3 is 2.74 bits per heavy atom. The molecule has 1 heterocycles. The lowest BCUT2D eigenvalue weighted by atomic mass is 10.2. The molecule has 7 heteroatoms. The van der Waals surface area contributed by atoms with Crippen LogP contribution in [0.4, 0.5) is 0 Å². The lowest BCUT2D eigenvalue weighted by Crippen LogP contribution is -2.30. The van der Waals surface area contributed by atoms with Gasteiger partial charge in [0.1, 0.15) is 4.90 Å². The van der Waals surface area contributed by atoms with Crippen molar-refractivity contribution in [2.24, 2.45) is 5.92 Å². The first-order valence-electron chi connectivity index (χ1n) is 6.12. The summed E-state index contributed by atoms with van der Waals surface area (Å²) in [5.74, 6) is 1.28. The van der Waals surface area contributed by atoms with Crippen LogP contribution in [0.25, 0.3) is 0 Å². The van der Waals surface area contributed by atoms with Crippen LogP contribution < -0.4 is 10.0 Å². The second-order valence-electron chi connectivity index (χ2n) is 4.61. The fraction of sp³-hybridized carbons (Fsp3) is 0.667. The van der Waals surface area contributed by atoms with E-state index in [1.807, 2.05) is 32.5 Å². The molecule has 1 aromatic rings. The molecular formula is C12H22N2O2S3. The summed E-state index contributed by atoms with van der Waals surface area (Å²) in [4.78, 5) is 1.31. The second-order valence-corrected chi connectivity index (χ2v) is 8.19. The molecule has 0 aromatic carbocycles. The SMILES string of the molecule is CNCc1scc(C)c1S(=O)(=O)NCC(C)CSC. The van der Waals surface area contributed by atoms with Crippen LogP contribution in [-0.4, -0.2) is 34.0 Å². The minimum Gasteiger partial charge on any atom is -0.315 e. The summed E-state index contributed by atoms with van der Waals surface area (Å²) >= 11 is 3.22. The van der Waals surface area contributed by atoms with Gasteiger partial charge in [-0.3, -0.25) is 0 Å². The van der Waals surface area contributed by atoms with Crippen molar-refractivity contribution < 1.29 is 8.42 Å². The number of thioether (sulfide) groups is 1. The zero-order valence-electron chi connectivity index (χ0n) is 11.8. The van der Waals surface area contributed by atoms with Crippen LogP contribution in [0.5, 0.6) is 0 Å². The standard InChI is InChI=1S/C12H22N2O2S3/c1-9(7-17-4)5-14-19(15,16)12-10(2)8-18-11(12)6-13-3/h8-9,13-14H,5-7H2,1-4H3. The number of hydrogen-bond acceptors (Lipinski definition) is 5. The molecule has 19 heavy (non-hydrogen) atoms. The molecule has 0 spiro atoms. The minimum absolute atomic E-state index is 0.330. The van der Waals surface area contributed by atoms with Crippen LogP contribution in [0, 0.1) is 12.8 Å². The van der Waals surface area contributed by atoms with Gasteiger partial charge in [0.05, 0.1) is 0 Å². The van der Waals surface area contributed by atoms with Gasteiger partial charge in [-0.25, -0.2) is 13.1 Å². The van der Waals surface area contributed by atoms with Crippen LogP contribution in [0.2, 0.25) is 0 Å². The molecule has 0 saturated carbocycles. The van der Waals surface area contributed by atoms with E-state index >= 15 is 0 Å². The highest BCUT2D eigenvalue weighted by molar-refractivity contribution is 7.98. The van der Waals surface area contributed by atoms with Gasteiger partial charge in [-0.05, 0) is 42.8 Å². The Bertz CT molecular complexity index is 497. The molecule has 0 saturated heterocycles. The van der Waals surface area contributed by atoms with E-state index in [-0.39, 0.29) is 0 Å². The van der Waals surface area contributed by atoms with Gasteiger partial charge in [-0.15, -0.1) is 11.3 Å². The number of hydrogen-bond donors (Lipinski definition) is 2. The molecule has 1 atom stereocenters. The van der Waals surface area contributed by atoms with Crippen molar-refractivity contribution in [3.05, 3.63) is 15.8 Å². The second kappa shape index (κ2) is 7.64. The van der Waals surface area contributed by atoms with Crippen LogP contribution in [-0.2, 0) is 16.6 Å². The molecule has 1 unspecified atom stereocenters. The first kappa shape index (κ1) is 17.0. The predicted molar refractivity (Wildman–Crippen MR) is 84.6 cm³/mol. The van der Waals surface area contributed by atoms with E-state index in [4.69, 9.17) is 0 Å². The third kappa shape index (κ3) is 4.75. The van der Waals surface area contributed by atoms with E-state index in [0.29, 0.717) is 23.9 Å². The van der Waals surface area contributed by atoms with E-state index in [9.17, 15) is 8.42 Å². The Morgan fingerprint density at radius 1 is 1.47 bits per heavy atom. The molecule has 0 aliphatic carbocycles. The lowest BCUT2D eigenvalue weighted by Gasteiger charge is -2.13. The van der Waals surface area contributed by atoms with Crippen LogP contribution in [0.1, 0.15) is 17.4 Å². The summed E-state index contributed by atoms with van der Waals surface area (Å²) in [6, 6.07) is 0. The first-order chi connectivity index (χ1) is 8.92. The Labute approximate surface area is 124 Å². The monoisotopic (exact) mass is 322 g/mol. The van der Waals surface area contributed by atoms with Gasteiger partial charge >= 0.3 is 0 Å². The van der Waals surface area contributed by atoms with E-state index in [2.05, 4.69) is 10.0 Å². The summed E-state index contributed by atoms with van der Waals surface area (Å²) < 4.78 is 27.5. The third-order valence-corrected chi connectivity index (χ3v) is 6.46. The lowest BCUT2D eigenvalue weighted by molar-refractivity contribution is 0.561. The molecule has 0 radical (unpaired) electrons. The van der Waals surface area contributed by atoms with Crippen LogP contribution >= 0.6 is 23.1 Å². The molecular weight excluding hydrogens is 300 g/mol. The zero-order chi connectivity index (χ0) is 14.5. The van der Waals surface area contributed by atoms with E-state index in [1.165, 1.54) is 11.3 Å². The van der Waals surface area contributed by atoms with Gasteiger partial charge < -0.3 is 5.32 Å². The van der Waals surface area contributed by atoms with Gasteiger partial charge in [0.25, 0.3) is 0 Å². The Hall–Kier alpha value is -0.0800. The highest BCUT2D eigenvalue weighted by Crippen LogP contribution is 2.26. The number of rotatable bonds is 8. The van der Waals surface area contributed by atoms with Gasteiger partial charge in [-0.2, -0.15) is 11.8 Å². The molecule has 0 fully saturated rings. The average Bonchev–Trinajstić information content (AvgIpc) is 2.70. The minimum atomic E-state index is -3.40. The summed E-state index contributed by atoms with van der Waals surface area (Å²) in [6.07, 6.45) is 2.03. The van der Waals surface area contributed by atoms with Gasteiger partial charge in [0.15, 0.2) is 0 Å². The number of thiophene rings is 1. The van der Waals surface area contributed by atoms with Crippen molar-refractivity contribution in [2.45, 2.75) is 25.3 Å². The van der Waals surface area contributed by atoms with E-state index in [1.54, 1.807) is 11.8 Å². The molecule has 0 aliphatic rings. The predicted octanol–water partition coefficient (Wildman–Crippen LogP) is 2.05. The Balaban J connectivity index is 2.85. The quantitative estimate of drug-likeness (QED) is 0.769. The van der Waals surface area contributed by atoms with E-state index < -0.39 is 10.0 Å². The first-order valence-corrected chi connectivity index (χ1v) is 9.88. The Morgan fingerprint density at radius 2 is 2.16 bits per heavy atom. The van der Waals surface area contributed by atoms with Crippen molar-refractivity contribution in [3.8, 4) is 0 Å². The smallest absolute Gasteiger partial charge is 0.241 e. The summed E-state index contributed by atoms with van der Waals surface area (Å²) in [5.41, 5.74) is 0.820. The number of sulfonamides is 1. The highest BCUT2D eigenvalue weighted by Gasteiger charge is 2.22. The Kier molecular flexibility index (Phi) is 6.82. The average molecular weight is 323 g/mol. The summed E-state index contributed by atoms with van der Waals surface area (Å²) in [5, 5.41) is 4.91. The maximum absolute atomic E-state index is 12.4. The van der Waals surface area contributed by atoms with Crippen LogP contribution in [0.3, 0.4) is 0 Å². The van der Waals surface area contributed by atoms with Crippen molar-refractivity contribution in [1.82, 2.24) is 10.0 Å². The fourth-order valence-corrected chi connectivity index (χ4v) is 5.47. The molecule has 1 aromatic heterocycles. The molecule has 4 nitrogen and oxygen atoms in total. The van der Waals surface area contributed by atoms with Gasteiger partial charge in [0.2, 0.25) is 10.0 Å². The topological polar surface area (TPSA) is 58.2 Å². The number of nitrogens with one attached hydrogen (secondary N) is 2. The fourth-order valence-electron chi connectivity index (χ4n) is 1.80. The van der Waals surface area contributed by atoms with Gasteiger partial charge in [0, 0.05) is 18.0 Å². The third-order valence-electron chi connectivity index (χ3n) is 2.67. The van der Waals surface area contributed by atoms with Crippen LogP contribution in [0.15, 0.2) is 10.3 Å². The zero-order valence-corrected chi connectivity index (χ0v) is 14.3. The van der Waals surface area contributed by atoms with E-state index in [0.717, 1.165) is 16.2 Å². The molecule has 1 rings (SSSR count). The summed E-state index contributed by atoms with van der Waals surface area (Å²) in [7, 11) is -1.58. The maximum Gasteiger partial charge on any atom is 0.241 e. The van der Waals surface area contributed by atoms with Crippen molar-refractivity contribution in [2.75, 3.05) is 25.6 Å².